The number of rotatable bonds is 7. The zero-order chi connectivity index (χ0) is 15.1. The summed E-state index contributed by atoms with van der Waals surface area (Å²) in [6.45, 7) is 1.66. The molecule has 2 rings (SSSR count). The number of hydrogen-bond donors (Lipinski definition) is 2. The fraction of sp³-hybridized carbons (Fsp3) is 0.357. The van der Waals surface area contributed by atoms with E-state index in [0.29, 0.717) is 11.8 Å². The fourth-order valence-electron chi connectivity index (χ4n) is 1.68. The van der Waals surface area contributed by atoms with Gasteiger partial charge in [-0.15, -0.1) is 5.10 Å². The van der Waals surface area contributed by atoms with Crippen LogP contribution in [0.5, 0.6) is 5.75 Å². The average molecular weight is 288 g/mol. The van der Waals surface area contributed by atoms with E-state index >= 15 is 0 Å². The third-order valence-electron chi connectivity index (χ3n) is 2.74. The van der Waals surface area contributed by atoms with Gasteiger partial charge in [0.05, 0.1) is 13.3 Å². The zero-order valence-corrected chi connectivity index (χ0v) is 12.5. The van der Waals surface area contributed by atoms with Crippen LogP contribution >= 0.6 is 0 Å². The summed E-state index contributed by atoms with van der Waals surface area (Å²) in [6.07, 6.45) is 1.58. The Balaban J connectivity index is 1.99. The Morgan fingerprint density at radius 2 is 2.14 bits per heavy atom. The predicted molar refractivity (Wildman–Crippen MR) is 83.1 cm³/mol. The minimum absolute atomic E-state index is 0.504. The Kier molecular flexibility index (Phi) is 5.28. The van der Waals surface area contributed by atoms with Crippen LogP contribution in [-0.2, 0) is 0 Å². The van der Waals surface area contributed by atoms with Gasteiger partial charge in [0, 0.05) is 24.8 Å². The minimum atomic E-state index is 0.504. The van der Waals surface area contributed by atoms with E-state index in [4.69, 9.17) is 4.74 Å². The molecule has 0 aliphatic carbocycles. The van der Waals surface area contributed by atoms with E-state index in [1.807, 2.05) is 38.4 Å². The first kappa shape index (κ1) is 15.0. The molecule has 1 aromatic heterocycles. The van der Waals surface area contributed by atoms with E-state index < -0.39 is 0 Å². The van der Waals surface area contributed by atoms with Crippen molar-refractivity contribution in [1.29, 1.82) is 0 Å². The number of ether oxygens (including phenoxy) is 1. The minimum Gasteiger partial charge on any atom is -0.497 e. The third-order valence-corrected chi connectivity index (χ3v) is 2.74. The average Bonchev–Trinajstić information content (AvgIpc) is 2.47. The first-order valence-corrected chi connectivity index (χ1v) is 6.67. The van der Waals surface area contributed by atoms with E-state index in [9.17, 15) is 0 Å². The Bertz CT molecular complexity index is 575. The van der Waals surface area contributed by atoms with Gasteiger partial charge in [-0.3, -0.25) is 0 Å². The Morgan fingerprint density at radius 3 is 2.90 bits per heavy atom. The predicted octanol–water partition coefficient (Wildman–Crippen LogP) is 1.60. The standard InChI is InChI=1S/C14H20N6O/c1-20(2)8-7-15-14-18-13(10-16-19-14)17-11-5-4-6-12(9-11)21-3/h4-6,9-10H,7-8H2,1-3H3,(H2,15,17,18,19). The molecule has 0 amide bonds. The second-order valence-corrected chi connectivity index (χ2v) is 4.75. The molecular formula is C14H20N6O. The molecule has 7 nitrogen and oxygen atoms in total. The number of anilines is 3. The van der Waals surface area contributed by atoms with Crippen LogP contribution in [0.4, 0.5) is 17.5 Å². The topological polar surface area (TPSA) is 75.2 Å². The van der Waals surface area contributed by atoms with Gasteiger partial charge in [-0.1, -0.05) is 6.07 Å². The second kappa shape index (κ2) is 7.39. The summed E-state index contributed by atoms with van der Waals surface area (Å²) in [5.74, 6) is 1.92. The maximum Gasteiger partial charge on any atom is 0.244 e. The fourth-order valence-corrected chi connectivity index (χ4v) is 1.68. The monoisotopic (exact) mass is 288 g/mol. The maximum absolute atomic E-state index is 5.19. The third kappa shape index (κ3) is 4.88. The summed E-state index contributed by atoms with van der Waals surface area (Å²) < 4.78 is 5.19. The lowest BCUT2D eigenvalue weighted by Crippen LogP contribution is -2.21. The Morgan fingerprint density at radius 1 is 1.29 bits per heavy atom. The number of nitrogens with zero attached hydrogens (tertiary/aromatic N) is 4. The molecule has 112 valence electrons. The number of aromatic nitrogens is 3. The van der Waals surface area contributed by atoms with Crippen molar-refractivity contribution in [3.63, 3.8) is 0 Å². The molecule has 2 N–H and O–H groups in total. The quantitative estimate of drug-likeness (QED) is 0.801. The van der Waals surface area contributed by atoms with Gasteiger partial charge < -0.3 is 20.3 Å². The molecule has 2 aromatic rings. The van der Waals surface area contributed by atoms with Gasteiger partial charge in [-0.05, 0) is 26.2 Å². The normalized spacial score (nSPS) is 10.5. The van der Waals surface area contributed by atoms with Crippen LogP contribution in [-0.4, -0.2) is 54.4 Å². The maximum atomic E-state index is 5.19. The second-order valence-electron chi connectivity index (χ2n) is 4.75. The van der Waals surface area contributed by atoms with Crippen LogP contribution in [0.2, 0.25) is 0 Å². The summed E-state index contributed by atoms with van der Waals surface area (Å²) in [7, 11) is 5.67. The van der Waals surface area contributed by atoms with Gasteiger partial charge in [0.15, 0.2) is 5.82 Å². The van der Waals surface area contributed by atoms with Gasteiger partial charge in [0.2, 0.25) is 5.95 Å². The largest absolute Gasteiger partial charge is 0.497 e. The van der Waals surface area contributed by atoms with Crippen molar-refractivity contribution in [3.8, 4) is 5.75 Å². The number of hydrogen-bond acceptors (Lipinski definition) is 7. The number of benzene rings is 1. The van der Waals surface area contributed by atoms with Crippen molar-refractivity contribution in [2.24, 2.45) is 0 Å². The van der Waals surface area contributed by atoms with E-state index in [1.165, 1.54) is 0 Å². The SMILES string of the molecule is COc1cccc(Nc2cnnc(NCCN(C)C)n2)c1. The molecule has 0 aliphatic rings. The highest BCUT2D eigenvalue weighted by Gasteiger charge is 2.02. The summed E-state index contributed by atoms with van der Waals surface area (Å²) in [5.41, 5.74) is 0.883. The molecule has 0 aliphatic heterocycles. The van der Waals surface area contributed by atoms with Gasteiger partial charge >= 0.3 is 0 Å². The molecule has 0 bridgehead atoms. The van der Waals surface area contributed by atoms with E-state index in [0.717, 1.165) is 24.5 Å². The number of likely N-dealkylation sites (N-methyl/N-ethyl adjacent to an activating group) is 1. The summed E-state index contributed by atoms with van der Waals surface area (Å²) in [6, 6.07) is 7.62. The van der Waals surface area contributed by atoms with Crippen molar-refractivity contribution in [2.75, 3.05) is 44.9 Å². The summed E-state index contributed by atoms with van der Waals surface area (Å²) in [5, 5.41) is 14.2. The summed E-state index contributed by atoms with van der Waals surface area (Å²) in [4.78, 5) is 6.45. The molecule has 0 fully saturated rings. The highest BCUT2D eigenvalue weighted by atomic mass is 16.5. The van der Waals surface area contributed by atoms with Crippen LogP contribution in [0, 0.1) is 0 Å². The van der Waals surface area contributed by atoms with Crippen molar-refractivity contribution >= 4 is 17.5 Å². The Hall–Kier alpha value is -2.41. The van der Waals surface area contributed by atoms with Crippen LogP contribution in [0.15, 0.2) is 30.5 Å². The lowest BCUT2D eigenvalue weighted by atomic mass is 10.3. The highest BCUT2D eigenvalue weighted by Crippen LogP contribution is 2.19. The van der Waals surface area contributed by atoms with Crippen molar-refractivity contribution in [3.05, 3.63) is 30.5 Å². The smallest absolute Gasteiger partial charge is 0.244 e. The molecule has 7 heteroatoms. The molecule has 0 spiro atoms. The highest BCUT2D eigenvalue weighted by molar-refractivity contribution is 5.58. The molecule has 0 atom stereocenters. The van der Waals surface area contributed by atoms with E-state index in [2.05, 4.69) is 30.7 Å². The molecule has 1 aromatic carbocycles. The van der Waals surface area contributed by atoms with Crippen LogP contribution in [0.25, 0.3) is 0 Å². The lowest BCUT2D eigenvalue weighted by molar-refractivity contribution is 0.415. The van der Waals surface area contributed by atoms with E-state index in [1.54, 1.807) is 13.3 Å². The number of methoxy groups -OCH3 is 1. The van der Waals surface area contributed by atoms with Gasteiger partial charge in [0.1, 0.15) is 5.75 Å². The van der Waals surface area contributed by atoms with Crippen molar-refractivity contribution < 1.29 is 4.74 Å². The van der Waals surface area contributed by atoms with Crippen molar-refractivity contribution in [1.82, 2.24) is 20.1 Å². The number of nitrogens with one attached hydrogen (secondary N) is 2. The van der Waals surface area contributed by atoms with Gasteiger partial charge in [-0.2, -0.15) is 10.1 Å². The first-order valence-electron chi connectivity index (χ1n) is 6.67. The van der Waals surface area contributed by atoms with E-state index in [-0.39, 0.29) is 0 Å². The van der Waals surface area contributed by atoms with Crippen molar-refractivity contribution in [2.45, 2.75) is 0 Å². The first-order chi connectivity index (χ1) is 10.2. The molecule has 0 radical (unpaired) electrons. The molecule has 21 heavy (non-hydrogen) atoms. The van der Waals surface area contributed by atoms with Crippen LogP contribution < -0.4 is 15.4 Å². The molecule has 0 saturated carbocycles. The van der Waals surface area contributed by atoms with Gasteiger partial charge in [-0.25, -0.2) is 0 Å². The molecule has 1 heterocycles. The zero-order valence-electron chi connectivity index (χ0n) is 12.5. The van der Waals surface area contributed by atoms with Crippen LogP contribution in [0.1, 0.15) is 0 Å². The molecule has 0 saturated heterocycles. The van der Waals surface area contributed by atoms with Crippen LogP contribution in [0.3, 0.4) is 0 Å². The summed E-state index contributed by atoms with van der Waals surface area (Å²) >= 11 is 0. The van der Waals surface area contributed by atoms with Gasteiger partial charge in [0.25, 0.3) is 0 Å². The Labute approximate surface area is 124 Å². The molecule has 0 unspecified atom stereocenters. The molecular weight excluding hydrogens is 268 g/mol. The lowest BCUT2D eigenvalue weighted by Gasteiger charge is -2.11.